The zero-order chi connectivity index (χ0) is 15.4. The van der Waals surface area contributed by atoms with Crippen LogP contribution in [0.1, 0.15) is 18.1 Å². The maximum absolute atomic E-state index is 11.2. The molecule has 0 unspecified atom stereocenters. The van der Waals surface area contributed by atoms with E-state index in [4.69, 9.17) is 10.5 Å². The zero-order valence-electron chi connectivity index (χ0n) is 12.1. The molecule has 0 aliphatic heterocycles. The van der Waals surface area contributed by atoms with Crippen molar-refractivity contribution in [3.8, 4) is 11.5 Å². The minimum atomic E-state index is -0.440. The summed E-state index contributed by atoms with van der Waals surface area (Å²) in [6.07, 6.45) is 0.552. The number of hydrogen-bond donors (Lipinski definition) is 1. The number of halogens is 1. The van der Waals surface area contributed by atoms with Gasteiger partial charge in [-0.25, -0.2) is 0 Å². The topological polar surface area (TPSA) is 52.3 Å². The molecule has 0 fully saturated rings. The van der Waals surface area contributed by atoms with Crippen LogP contribution in [0.2, 0.25) is 0 Å². The van der Waals surface area contributed by atoms with E-state index >= 15 is 0 Å². The van der Waals surface area contributed by atoms with Gasteiger partial charge in [0.15, 0.2) is 0 Å². The third-order valence-electron chi connectivity index (χ3n) is 3.19. The summed E-state index contributed by atoms with van der Waals surface area (Å²) in [6.45, 7) is 3.55. The molecule has 110 valence electrons. The minimum absolute atomic E-state index is 0.00472. The lowest BCUT2D eigenvalue weighted by Gasteiger charge is -2.12. The first-order chi connectivity index (χ1) is 9.95. The van der Waals surface area contributed by atoms with Gasteiger partial charge in [0.05, 0.1) is 9.61 Å². The Morgan fingerprint density at radius 1 is 1.29 bits per heavy atom. The molecule has 0 heterocycles. The molecule has 4 heteroatoms. The second-order valence-corrected chi connectivity index (χ2v) is 6.27. The number of nitrogens with two attached hydrogens (primary N) is 1. The molecule has 0 amide bonds. The first-order valence-electron chi connectivity index (χ1n) is 6.74. The monoisotopic (exact) mass is 395 g/mol. The van der Waals surface area contributed by atoms with E-state index in [1.54, 1.807) is 0 Å². The average Bonchev–Trinajstić information content (AvgIpc) is 2.42. The summed E-state index contributed by atoms with van der Waals surface area (Å²) in [6, 6.07) is 13.4. The summed E-state index contributed by atoms with van der Waals surface area (Å²) < 4.78 is 6.89. The molecular weight excluding hydrogens is 377 g/mol. The summed E-state index contributed by atoms with van der Waals surface area (Å²) in [5, 5.41) is 0. The summed E-state index contributed by atoms with van der Waals surface area (Å²) in [7, 11) is 0. The van der Waals surface area contributed by atoms with E-state index in [2.05, 4.69) is 22.6 Å². The van der Waals surface area contributed by atoms with Crippen LogP contribution in [-0.2, 0) is 11.2 Å². The van der Waals surface area contributed by atoms with Crippen LogP contribution in [-0.4, -0.2) is 11.8 Å². The van der Waals surface area contributed by atoms with Crippen LogP contribution in [0.3, 0.4) is 0 Å². The predicted octanol–water partition coefficient (Wildman–Crippen LogP) is 3.85. The molecule has 21 heavy (non-hydrogen) atoms. The van der Waals surface area contributed by atoms with Gasteiger partial charge in [0.2, 0.25) is 0 Å². The van der Waals surface area contributed by atoms with Crippen LogP contribution in [0.4, 0.5) is 0 Å². The Morgan fingerprint density at radius 2 is 2.05 bits per heavy atom. The van der Waals surface area contributed by atoms with E-state index < -0.39 is 6.04 Å². The third kappa shape index (κ3) is 4.54. The number of carbonyl (C=O) groups is 1. The summed E-state index contributed by atoms with van der Waals surface area (Å²) in [5.74, 6) is 1.63. The number of ketones is 1. The Bertz CT molecular complexity index is 655. The van der Waals surface area contributed by atoms with Crippen molar-refractivity contribution < 1.29 is 9.53 Å². The fraction of sp³-hybridized carbons (Fsp3) is 0.235. The normalized spacial score (nSPS) is 12.0. The molecular formula is C17H18INO2. The highest BCUT2D eigenvalue weighted by atomic mass is 127. The highest BCUT2D eigenvalue weighted by molar-refractivity contribution is 14.1. The molecule has 2 aromatic rings. The van der Waals surface area contributed by atoms with Crippen molar-refractivity contribution in [2.45, 2.75) is 26.3 Å². The van der Waals surface area contributed by atoms with Crippen molar-refractivity contribution in [1.82, 2.24) is 0 Å². The number of carbonyl (C=O) groups excluding carboxylic acids is 1. The first kappa shape index (κ1) is 16.0. The Balaban J connectivity index is 2.14. The predicted molar refractivity (Wildman–Crippen MR) is 92.8 cm³/mol. The highest BCUT2D eigenvalue weighted by Gasteiger charge is 2.11. The van der Waals surface area contributed by atoms with E-state index in [9.17, 15) is 4.79 Å². The van der Waals surface area contributed by atoms with Gasteiger partial charge in [-0.2, -0.15) is 0 Å². The van der Waals surface area contributed by atoms with Gasteiger partial charge in [-0.1, -0.05) is 18.2 Å². The van der Waals surface area contributed by atoms with E-state index in [1.807, 2.05) is 49.4 Å². The molecule has 0 radical (unpaired) electrons. The number of Topliss-reactive ketones (excluding diaryl/α,β-unsaturated/α-hetero) is 1. The van der Waals surface area contributed by atoms with Gasteiger partial charge in [-0.15, -0.1) is 0 Å². The Kier molecular flexibility index (Phi) is 5.36. The van der Waals surface area contributed by atoms with Crippen molar-refractivity contribution >= 4 is 28.4 Å². The number of rotatable bonds is 5. The Labute approximate surface area is 138 Å². The molecule has 1 atom stereocenters. The summed E-state index contributed by atoms with van der Waals surface area (Å²) >= 11 is 2.23. The summed E-state index contributed by atoms with van der Waals surface area (Å²) in [4.78, 5) is 11.2. The van der Waals surface area contributed by atoms with Crippen molar-refractivity contribution in [2.75, 3.05) is 0 Å². The van der Waals surface area contributed by atoms with Crippen LogP contribution >= 0.6 is 22.6 Å². The minimum Gasteiger partial charge on any atom is -0.456 e. The fourth-order valence-corrected chi connectivity index (χ4v) is 2.65. The fourth-order valence-electron chi connectivity index (χ4n) is 1.96. The molecule has 0 bridgehead atoms. The Morgan fingerprint density at radius 3 is 2.67 bits per heavy atom. The van der Waals surface area contributed by atoms with Gasteiger partial charge in [0.1, 0.15) is 17.3 Å². The molecule has 0 saturated heterocycles. The third-order valence-corrected chi connectivity index (χ3v) is 4.03. The molecule has 0 aliphatic rings. The lowest BCUT2D eigenvalue weighted by atomic mass is 10.0. The lowest BCUT2D eigenvalue weighted by molar-refractivity contribution is -0.118. The zero-order valence-corrected chi connectivity index (χ0v) is 14.3. The van der Waals surface area contributed by atoms with Gasteiger partial charge in [0.25, 0.3) is 0 Å². The van der Waals surface area contributed by atoms with E-state index in [-0.39, 0.29) is 5.78 Å². The molecule has 0 aliphatic carbocycles. The SMILES string of the molecule is CC(=O)[C@H](N)Cc1ccc(Oc2cccc(C)c2)c(I)c1. The number of ether oxygens (including phenoxy) is 1. The van der Waals surface area contributed by atoms with Crippen molar-refractivity contribution in [1.29, 1.82) is 0 Å². The smallest absolute Gasteiger partial charge is 0.146 e. The second kappa shape index (κ2) is 7.04. The average molecular weight is 395 g/mol. The van der Waals surface area contributed by atoms with Crippen LogP contribution < -0.4 is 10.5 Å². The second-order valence-electron chi connectivity index (χ2n) is 5.10. The van der Waals surface area contributed by atoms with Gasteiger partial charge in [-0.3, -0.25) is 4.79 Å². The molecule has 3 nitrogen and oxygen atoms in total. The molecule has 0 spiro atoms. The number of aryl methyl sites for hydroxylation is 1. The lowest BCUT2D eigenvalue weighted by Crippen LogP contribution is -2.30. The Hall–Kier alpha value is -1.40. The van der Waals surface area contributed by atoms with Gasteiger partial charge >= 0.3 is 0 Å². The molecule has 0 saturated carbocycles. The van der Waals surface area contributed by atoms with Crippen LogP contribution in [0.25, 0.3) is 0 Å². The number of benzene rings is 2. The van der Waals surface area contributed by atoms with E-state index in [0.29, 0.717) is 6.42 Å². The standard InChI is InChI=1S/C17H18INO2/c1-11-4-3-5-14(8-11)21-17-7-6-13(9-15(17)18)10-16(19)12(2)20/h3-9,16H,10,19H2,1-2H3/t16-/m1/s1. The van der Waals surface area contributed by atoms with Crippen molar-refractivity contribution in [3.05, 3.63) is 57.2 Å². The van der Waals surface area contributed by atoms with Gasteiger partial charge in [-0.05, 0) is 78.3 Å². The molecule has 0 aromatic heterocycles. The van der Waals surface area contributed by atoms with Crippen molar-refractivity contribution in [3.63, 3.8) is 0 Å². The first-order valence-corrected chi connectivity index (χ1v) is 7.82. The van der Waals surface area contributed by atoms with E-state index in [1.165, 1.54) is 6.92 Å². The maximum Gasteiger partial charge on any atom is 0.146 e. The molecule has 2 aromatic carbocycles. The van der Waals surface area contributed by atoms with E-state index in [0.717, 1.165) is 26.2 Å². The highest BCUT2D eigenvalue weighted by Crippen LogP contribution is 2.28. The maximum atomic E-state index is 11.2. The molecule has 2 N–H and O–H groups in total. The van der Waals surface area contributed by atoms with Crippen molar-refractivity contribution in [2.24, 2.45) is 5.73 Å². The van der Waals surface area contributed by atoms with Crippen LogP contribution in [0, 0.1) is 10.5 Å². The molecule has 2 rings (SSSR count). The quantitative estimate of drug-likeness (QED) is 0.783. The van der Waals surface area contributed by atoms with Crippen LogP contribution in [0.5, 0.6) is 11.5 Å². The van der Waals surface area contributed by atoms with Gasteiger partial charge < -0.3 is 10.5 Å². The summed E-state index contributed by atoms with van der Waals surface area (Å²) in [5.41, 5.74) is 7.99. The van der Waals surface area contributed by atoms with Gasteiger partial charge in [0, 0.05) is 0 Å². The largest absolute Gasteiger partial charge is 0.456 e. The van der Waals surface area contributed by atoms with Crippen LogP contribution in [0.15, 0.2) is 42.5 Å². The number of hydrogen-bond acceptors (Lipinski definition) is 3.